The first kappa shape index (κ1) is 13.2. The first-order chi connectivity index (χ1) is 8.19. The molecule has 2 rings (SSSR count). The second kappa shape index (κ2) is 6.12. The molecule has 0 bridgehead atoms. The fraction of sp³-hybridized carbons (Fsp3) is 0.167. The van der Waals surface area contributed by atoms with Crippen LogP contribution in [0.25, 0.3) is 0 Å². The van der Waals surface area contributed by atoms with Gasteiger partial charge in [0.25, 0.3) is 0 Å². The molecule has 5 heteroatoms. The highest BCUT2D eigenvalue weighted by Crippen LogP contribution is 2.39. The summed E-state index contributed by atoms with van der Waals surface area (Å²) < 4.78 is 0.801. The zero-order valence-electron chi connectivity index (χ0n) is 8.90. The Kier molecular flexibility index (Phi) is 4.77. The number of benzene rings is 1. The van der Waals surface area contributed by atoms with Gasteiger partial charge in [0.15, 0.2) is 0 Å². The second-order valence-electron chi connectivity index (χ2n) is 3.44. The lowest BCUT2D eigenvalue weighted by Crippen LogP contribution is -2.07. The van der Waals surface area contributed by atoms with Crippen molar-refractivity contribution < 1.29 is 0 Å². The van der Waals surface area contributed by atoms with Crippen LogP contribution in [0.3, 0.4) is 0 Å². The van der Waals surface area contributed by atoms with E-state index < -0.39 is 0 Å². The topological polar surface area (TPSA) is 26.0 Å². The van der Waals surface area contributed by atoms with E-state index in [1.54, 1.807) is 23.1 Å². The molecule has 0 aliphatic heterocycles. The van der Waals surface area contributed by atoms with Crippen molar-refractivity contribution >= 4 is 46.3 Å². The monoisotopic (exact) mass is 303 g/mol. The van der Waals surface area contributed by atoms with E-state index in [0.29, 0.717) is 6.54 Å². The average Bonchev–Trinajstić information content (AvgIpc) is 2.75. The number of hydrogen-bond acceptors (Lipinski definition) is 3. The molecule has 0 saturated heterocycles. The highest BCUT2D eigenvalue weighted by Gasteiger charge is 2.13. The van der Waals surface area contributed by atoms with Crippen LogP contribution >= 0.6 is 46.3 Å². The summed E-state index contributed by atoms with van der Waals surface area (Å²) in [6.07, 6.45) is 0. The number of nitrogens with two attached hydrogens (primary N) is 1. The minimum Gasteiger partial charge on any atom is -0.329 e. The van der Waals surface area contributed by atoms with Crippen molar-refractivity contribution in [1.82, 2.24) is 0 Å². The Bertz CT molecular complexity index is 482. The summed E-state index contributed by atoms with van der Waals surface area (Å²) in [6.45, 7) is 0.587. The summed E-state index contributed by atoms with van der Waals surface area (Å²) in [5, 5.41) is 0.992. The van der Waals surface area contributed by atoms with E-state index in [1.165, 1.54) is 4.88 Å². The van der Waals surface area contributed by atoms with Crippen LogP contribution in [0.15, 0.2) is 41.3 Å². The number of rotatable bonds is 4. The molecule has 0 spiro atoms. The van der Waals surface area contributed by atoms with Crippen molar-refractivity contribution in [2.75, 3.05) is 6.54 Å². The largest absolute Gasteiger partial charge is 0.329 e. The van der Waals surface area contributed by atoms with E-state index in [1.807, 2.05) is 36.4 Å². The molecule has 0 radical (unpaired) electrons. The minimum atomic E-state index is 0.244. The molecular weight excluding hydrogens is 293 g/mol. The van der Waals surface area contributed by atoms with Crippen LogP contribution in [0.4, 0.5) is 0 Å². The van der Waals surface area contributed by atoms with Crippen LogP contribution in [0.1, 0.15) is 10.1 Å². The molecule has 0 aliphatic rings. The maximum Gasteiger partial charge on any atom is 0.0931 e. The van der Waals surface area contributed by atoms with Crippen molar-refractivity contribution in [3.8, 4) is 0 Å². The Hall–Kier alpha value is -0.190. The van der Waals surface area contributed by atoms with Crippen molar-refractivity contribution in [3.05, 3.63) is 50.6 Å². The zero-order chi connectivity index (χ0) is 12.3. The van der Waals surface area contributed by atoms with Crippen LogP contribution in [0, 0.1) is 0 Å². The summed E-state index contributed by atoms with van der Waals surface area (Å²) in [5.74, 6) is 0. The lowest BCUT2D eigenvalue weighted by molar-refractivity contribution is 0.960. The highest BCUT2D eigenvalue weighted by molar-refractivity contribution is 7.99. The van der Waals surface area contributed by atoms with E-state index in [4.69, 9.17) is 28.9 Å². The molecule has 1 atom stereocenters. The fourth-order valence-corrected chi connectivity index (χ4v) is 3.78. The van der Waals surface area contributed by atoms with Crippen LogP contribution < -0.4 is 5.73 Å². The molecule has 17 heavy (non-hydrogen) atoms. The molecule has 2 aromatic rings. The van der Waals surface area contributed by atoms with Gasteiger partial charge in [-0.2, -0.15) is 0 Å². The second-order valence-corrected chi connectivity index (χ2v) is 6.90. The Morgan fingerprint density at radius 3 is 2.35 bits per heavy atom. The summed E-state index contributed by atoms with van der Waals surface area (Å²) in [6, 6.07) is 11.7. The van der Waals surface area contributed by atoms with E-state index >= 15 is 0 Å². The molecule has 1 aromatic carbocycles. The van der Waals surface area contributed by atoms with Gasteiger partial charge in [0, 0.05) is 21.3 Å². The number of thiophene rings is 1. The van der Waals surface area contributed by atoms with E-state index in [0.717, 1.165) is 14.3 Å². The smallest absolute Gasteiger partial charge is 0.0931 e. The standard InChI is InChI=1S/C12H11Cl2NS2/c13-8-1-3-9(4-2-8)16-11(7-15)10-5-6-12(14)17-10/h1-6,11H,7,15H2. The number of hydrogen-bond donors (Lipinski definition) is 1. The molecule has 1 nitrogen and oxygen atoms in total. The van der Waals surface area contributed by atoms with Crippen LogP contribution in [0.5, 0.6) is 0 Å². The molecule has 90 valence electrons. The predicted octanol–water partition coefficient (Wildman–Crippen LogP) is 4.85. The highest BCUT2D eigenvalue weighted by atomic mass is 35.5. The van der Waals surface area contributed by atoms with Gasteiger partial charge in [-0.3, -0.25) is 0 Å². The van der Waals surface area contributed by atoms with Crippen LogP contribution in [-0.2, 0) is 0 Å². The van der Waals surface area contributed by atoms with Crippen molar-refractivity contribution in [2.24, 2.45) is 5.73 Å². The van der Waals surface area contributed by atoms with Gasteiger partial charge in [-0.15, -0.1) is 23.1 Å². The SMILES string of the molecule is NCC(Sc1ccc(Cl)cc1)c1ccc(Cl)s1. The molecule has 1 heterocycles. The van der Waals surface area contributed by atoms with Crippen LogP contribution in [0.2, 0.25) is 9.36 Å². The lowest BCUT2D eigenvalue weighted by atomic mass is 10.3. The van der Waals surface area contributed by atoms with Crippen molar-refractivity contribution in [3.63, 3.8) is 0 Å². The minimum absolute atomic E-state index is 0.244. The van der Waals surface area contributed by atoms with Gasteiger partial charge in [0.05, 0.1) is 9.59 Å². The predicted molar refractivity (Wildman–Crippen MR) is 78.4 cm³/mol. The molecule has 0 aliphatic carbocycles. The van der Waals surface area contributed by atoms with E-state index in [9.17, 15) is 0 Å². The summed E-state index contributed by atoms with van der Waals surface area (Å²) in [4.78, 5) is 2.37. The van der Waals surface area contributed by atoms with Crippen molar-refractivity contribution in [1.29, 1.82) is 0 Å². The average molecular weight is 304 g/mol. The number of thioether (sulfide) groups is 1. The molecule has 1 unspecified atom stereocenters. The Labute approximate surface area is 119 Å². The normalized spacial score (nSPS) is 12.6. The van der Waals surface area contributed by atoms with E-state index in [2.05, 4.69) is 0 Å². The maximum absolute atomic E-state index is 5.94. The maximum atomic E-state index is 5.94. The molecule has 0 amide bonds. The first-order valence-corrected chi connectivity index (χ1v) is 7.52. The first-order valence-electron chi connectivity index (χ1n) is 5.06. The van der Waals surface area contributed by atoms with Crippen molar-refractivity contribution in [2.45, 2.75) is 10.1 Å². The number of halogens is 2. The van der Waals surface area contributed by atoms with Crippen LogP contribution in [-0.4, -0.2) is 6.54 Å². The van der Waals surface area contributed by atoms with Gasteiger partial charge in [-0.25, -0.2) is 0 Å². The van der Waals surface area contributed by atoms with Gasteiger partial charge in [0.2, 0.25) is 0 Å². The van der Waals surface area contributed by atoms with Gasteiger partial charge in [-0.05, 0) is 36.4 Å². The van der Waals surface area contributed by atoms with Gasteiger partial charge in [0.1, 0.15) is 0 Å². The lowest BCUT2D eigenvalue weighted by Gasteiger charge is -2.12. The molecular formula is C12H11Cl2NS2. The molecule has 0 fully saturated rings. The zero-order valence-corrected chi connectivity index (χ0v) is 12.0. The Morgan fingerprint density at radius 2 is 1.82 bits per heavy atom. The van der Waals surface area contributed by atoms with Gasteiger partial charge >= 0.3 is 0 Å². The summed E-state index contributed by atoms with van der Waals surface area (Å²) >= 11 is 15.1. The summed E-state index contributed by atoms with van der Waals surface area (Å²) in [7, 11) is 0. The molecule has 0 saturated carbocycles. The quantitative estimate of drug-likeness (QED) is 0.817. The molecule has 2 N–H and O–H groups in total. The fourth-order valence-electron chi connectivity index (χ4n) is 1.40. The summed E-state index contributed by atoms with van der Waals surface area (Å²) in [5.41, 5.74) is 5.81. The van der Waals surface area contributed by atoms with Gasteiger partial charge < -0.3 is 5.73 Å². The third-order valence-electron chi connectivity index (χ3n) is 2.22. The Balaban J connectivity index is 2.12. The van der Waals surface area contributed by atoms with Gasteiger partial charge in [-0.1, -0.05) is 23.2 Å². The third-order valence-corrected chi connectivity index (χ3v) is 5.24. The Morgan fingerprint density at radius 1 is 1.12 bits per heavy atom. The van der Waals surface area contributed by atoms with E-state index in [-0.39, 0.29) is 5.25 Å². The molecule has 1 aromatic heterocycles. The third kappa shape index (κ3) is 3.63.